The van der Waals surface area contributed by atoms with E-state index < -0.39 is 0 Å². The van der Waals surface area contributed by atoms with E-state index in [2.05, 4.69) is 194 Å². The van der Waals surface area contributed by atoms with Gasteiger partial charge < -0.3 is 0 Å². The maximum Gasteiger partial charge on any atom is 0.160 e. The Morgan fingerprint density at radius 3 is 1.55 bits per heavy atom. The smallest absolute Gasteiger partial charge is 0.160 e. The second-order valence-electron chi connectivity index (χ2n) is 19.3. The molecule has 0 atom stereocenters. The van der Waals surface area contributed by atoms with Gasteiger partial charge in [-0.15, -0.1) is 0 Å². The molecule has 1 aromatic heterocycles. The molecule has 0 N–H and O–H groups in total. The zero-order valence-electron chi connectivity index (χ0n) is 35.7. The van der Waals surface area contributed by atoms with Gasteiger partial charge in [-0.3, -0.25) is 0 Å². The molecular formula is C62H46N2. The lowest BCUT2D eigenvalue weighted by Gasteiger charge is -2.61. The predicted octanol–water partition coefficient (Wildman–Crippen LogP) is 16.0. The highest BCUT2D eigenvalue weighted by Gasteiger charge is 2.62. The summed E-state index contributed by atoms with van der Waals surface area (Å²) in [5.74, 6) is 3.89. The van der Waals surface area contributed by atoms with Crippen LogP contribution in [0, 0.1) is 23.7 Å². The summed E-state index contributed by atoms with van der Waals surface area (Å²) < 4.78 is 0. The first-order chi connectivity index (χ1) is 31.7. The van der Waals surface area contributed by atoms with Gasteiger partial charge in [-0.2, -0.15) is 0 Å². The zero-order valence-corrected chi connectivity index (χ0v) is 35.7. The maximum atomic E-state index is 5.49. The third kappa shape index (κ3) is 5.26. The summed E-state index contributed by atoms with van der Waals surface area (Å²) in [6, 6.07) is 72.0. The summed E-state index contributed by atoms with van der Waals surface area (Å²) in [7, 11) is 0. The minimum atomic E-state index is 0.0622. The second kappa shape index (κ2) is 13.9. The van der Waals surface area contributed by atoms with Gasteiger partial charge in [0.1, 0.15) is 0 Å². The molecule has 0 saturated heterocycles. The molecule has 1 spiro atoms. The Hall–Kier alpha value is -7.16. The monoisotopic (exact) mass is 818 g/mol. The molecule has 0 amide bonds. The molecule has 5 aliphatic carbocycles. The molecule has 9 aromatic carbocycles. The molecule has 4 saturated carbocycles. The fourth-order valence-electron chi connectivity index (χ4n) is 13.8. The van der Waals surface area contributed by atoms with E-state index in [9.17, 15) is 0 Å². The summed E-state index contributed by atoms with van der Waals surface area (Å²) in [4.78, 5) is 10.8. The van der Waals surface area contributed by atoms with Crippen molar-refractivity contribution in [1.82, 2.24) is 9.97 Å². The largest absolute Gasteiger partial charge is 0.228 e. The molecule has 15 rings (SSSR count). The van der Waals surface area contributed by atoms with Gasteiger partial charge in [-0.05, 0) is 157 Å². The lowest BCUT2D eigenvalue weighted by molar-refractivity contribution is -0.0398. The molecule has 5 aliphatic rings. The zero-order chi connectivity index (χ0) is 41.9. The van der Waals surface area contributed by atoms with Crippen molar-refractivity contribution in [2.75, 3.05) is 0 Å². The molecule has 304 valence electrons. The van der Waals surface area contributed by atoms with E-state index in [-0.39, 0.29) is 5.41 Å². The van der Waals surface area contributed by atoms with E-state index in [4.69, 9.17) is 9.97 Å². The van der Waals surface area contributed by atoms with Crippen LogP contribution in [0.2, 0.25) is 0 Å². The number of fused-ring (bicyclic) bond motifs is 6. The number of aromatic nitrogens is 2. The van der Waals surface area contributed by atoms with Crippen LogP contribution in [0.15, 0.2) is 194 Å². The van der Waals surface area contributed by atoms with Crippen LogP contribution in [0.5, 0.6) is 0 Å². The quantitative estimate of drug-likeness (QED) is 0.162. The number of benzene rings is 9. The number of hydrogen-bond donors (Lipinski definition) is 0. The summed E-state index contributed by atoms with van der Waals surface area (Å²) in [6.07, 6.45) is 6.92. The lowest BCUT2D eigenvalue weighted by Crippen LogP contribution is -2.55. The van der Waals surface area contributed by atoms with Crippen LogP contribution in [-0.2, 0) is 5.41 Å². The third-order valence-corrected chi connectivity index (χ3v) is 16.0. The third-order valence-electron chi connectivity index (χ3n) is 16.0. The van der Waals surface area contributed by atoms with Crippen molar-refractivity contribution in [2.45, 2.75) is 37.5 Å². The molecule has 0 unspecified atom stereocenters. The number of rotatable bonds is 5. The Kier molecular flexibility index (Phi) is 7.90. The highest BCUT2D eigenvalue weighted by atomic mass is 14.9. The first-order valence-electron chi connectivity index (χ1n) is 23.4. The van der Waals surface area contributed by atoms with E-state index >= 15 is 0 Å². The van der Waals surface area contributed by atoms with Crippen LogP contribution < -0.4 is 0 Å². The molecule has 10 aromatic rings. The standard InChI is InChI=1S/C62H46N2/c1-3-15-40(16-4-1)42-21-13-22-45(34-42)56-37-57(64-61(63-56)41-17-5-2-6-18-41)60-50-25-11-9-23-48(50)58(49-24-10-12-26-51(49)60)52-27-14-28-54-59(52)53-35-43-19-7-8-20-44(43)36-55(53)62(54)46-30-38-29-39(32-46)33-47(62)31-38/h1-28,34-39,46-47H,29-33H2. The molecule has 2 nitrogen and oxygen atoms in total. The van der Waals surface area contributed by atoms with E-state index in [0.717, 1.165) is 45.7 Å². The van der Waals surface area contributed by atoms with Crippen molar-refractivity contribution in [2.24, 2.45) is 23.7 Å². The van der Waals surface area contributed by atoms with Crippen molar-refractivity contribution in [3.63, 3.8) is 0 Å². The highest BCUT2D eigenvalue weighted by Crippen LogP contribution is 2.70. The van der Waals surface area contributed by atoms with Crippen LogP contribution in [0.1, 0.15) is 43.2 Å². The topological polar surface area (TPSA) is 25.8 Å². The van der Waals surface area contributed by atoms with E-state index in [1.54, 1.807) is 11.1 Å². The molecule has 1 heterocycles. The van der Waals surface area contributed by atoms with Crippen LogP contribution in [0.4, 0.5) is 0 Å². The fourth-order valence-corrected chi connectivity index (χ4v) is 13.8. The summed E-state index contributed by atoms with van der Waals surface area (Å²) in [6.45, 7) is 0. The van der Waals surface area contributed by atoms with Gasteiger partial charge in [0.2, 0.25) is 0 Å². The average molecular weight is 819 g/mol. The SMILES string of the molecule is c1ccc(-c2cccc(-c3cc(-c4c5ccccc5c(-c5cccc6c5-c5cc7ccccc7cc5C65C6CC7CC(C6)CC5C7)c5ccccc45)nc(-c4ccccc4)n3)c2)cc1. The van der Waals surface area contributed by atoms with Crippen LogP contribution in [0.3, 0.4) is 0 Å². The van der Waals surface area contributed by atoms with E-state index in [0.29, 0.717) is 11.8 Å². The van der Waals surface area contributed by atoms with Crippen LogP contribution in [-0.4, -0.2) is 9.97 Å². The Labute approximate surface area is 374 Å². The lowest BCUT2D eigenvalue weighted by atomic mass is 9.43. The predicted molar refractivity (Wildman–Crippen MR) is 265 cm³/mol. The Bertz CT molecular complexity index is 3430. The highest BCUT2D eigenvalue weighted by molar-refractivity contribution is 6.22. The average Bonchev–Trinajstić information content (AvgIpc) is 3.64. The van der Waals surface area contributed by atoms with Crippen molar-refractivity contribution >= 4 is 32.3 Å². The summed E-state index contributed by atoms with van der Waals surface area (Å²) in [5, 5.41) is 7.62. The van der Waals surface area contributed by atoms with E-state index in [1.165, 1.54) is 97.8 Å². The second-order valence-corrected chi connectivity index (χ2v) is 19.3. The van der Waals surface area contributed by atoms with Gasteiger partial charge in [0.25, 0.3) is 0 Å². The molecular weight excluding hydrogens is 773 g/mol. The molecule has 2 heteroatoms. The molecule has 64 heavy (non-hydrogen) atoms. The van der Waals surface area contributed by atoms with Gasteiger partial charge in [0, 0.05) is 22.1 Å². The molecule has 4 bridgehead atoms. The summed E-state index contributed by atoms with van der Waals surface area (Å²) >= 11 is 0. The van der Waals surface area contributed by atoms with Gasteiger partial charge in [0.15, 0.2) is 5.82 Å². The van der Waals surface area contributed by atoms with E-state index in [1.807, 2.05) is 0 Å². The minimum Gasteiger partial charge on any atom is -0.228 e. The van der Waals surface area contributed by atoms with Crippen molar-refractivity contribution in [3.8, 4) is 67.3 Å². The molecule has 4 fully saturated rings. The summed E-state index contributed by atoms with van der Waals surface area (Å²) in [5.41, 5.74) is 16.2. The number of nitrogens with zero attached hydrogens (tertiary/aromatic N) is 2. The first kappa shape index (κ1) is 36.3. The van der Waals surface area contributed by atoms with Crippen LogP contribution >= 0.6 is 0 Å². The normalized spacial score (nSPS) is 21.5. The van der Waals surface area contributed by atoms with Crippen molar-refractivity contribution < 1.29 is 0 Å². The minimum absolute atomic E-state index is 0.0622. The van der Waals surface area contributed by atoms with Gasteiger partial charge >= 0.3 is 0 Å². The van der Waals surface area contributed by atoms with Crippen molar-refractivity contribution in [3.05, 3.63) is 205 Å². The van der Waals surface area contributed by atoms with Gasteiger partial charge in [-0.1, -0.05) is 170 Å². The number of hydrogen-bond acceptors (Lipinski definition) is 2. The molecule has 0 radical (unpaired) electrons. The first-order valence-corrected chi connectivity index (χ1v) is 23.4. The Morgan fingerprint density at radius 2 is 0.875 bits per heavy atom. The van der Waals surface area contributed by atoms with Crippen LogP contribution in [0.25, 0.3) is 99.6 Å². The maximum absolute atomic E-state index is 5.49. The Balaban J connectivity index is 1.03. The molecule has 0 aliphatic heterocycles. The Morgan fingerprint density at radius 1 is 0.344 bits per heavy atom. The van der Waals surface area contributed by atoms with Crippen molar-refractivity contribution in [1.29, 1.82) is 0 Å². The van der Waals surface area contributed by atoms with Gasteiger partial charge in [0.05, 0.1) is 11.4 Å². The fraction of sp³-hybridized carbons (Fsp3) is 0.161. The van der Waals surface area contributed by atoms with Gasteiger partial charge in [-0.25, -0.2) is 9.97 Å².